The van der Waals surface area contributed by atoms with Gasteiger partial charge in [-0.3, -0.25) is 4.79 Å². The summed E-state index contributed by atoms with van der Waals surface area (Å²) in [4.78, 5) is 13.1. The van der Waals surface area contributed by atoms with Crippen molar-refractivity contribution in [2.75, 3.05) is 13.1 Å². The molecule has 1 aromatic heterocycles. The van der Waals surface area contributed by atoms with Gasteiger partial charge in [0.15, 0.2) is 0 Å². The largest absolute Gasteiger partial charge is 0.349 e. The summed E-state index contributed by atoms with van der Waals surface area (Å²) < 4.78 is 0. The molecule has 2 atom stereocenters. The van der Waals surface area contributed by atoms with E-state index in [1.165, 1.54) is 12.8 Å². The minimum absolute atomic E-state index is 0. The van der Waals surface area contributed by atoms with E-state index in [-0.39, 0.29) is 24.4 Å². The molecular formula is C14H23ClN2OS. The maximum Gasteiger partial charge on any atom is 0.261 e. The second kappa shape index (κ2) is 7.88. The third-order valence-electron chi connectivity index (χ3n) is 3.73. The number of halogens is 1. The molecule has 108 valence electrons. The van der Waals surface area contributed by atoms with Crippen LogP contribution in [0.2, 0.25) is 0 Å². The molecule has 0 radical (unpaired) electrons. The van der Waals surface area contributed by atoms with Crippen LogP contribution in [-0.2, 0) is 6.42 Å². The molecule has 0 aliphatic carbocycles. The van der Waals surface area contributed by atoms with Gasteiger partial charge in [-0.05, 0) is 62.2 Å². The van der Waals surface area contributed by atoms with Crippen molar-refractivity contribution in [2.24, 2.45) is 5.92 Å². The van der Waals surface area contributed by atoms with E-state index in [0.717, 1.165) is 30.0 Å². The Morgan fingerprint density at radius 3 is 3.05 bits per heavy atom. The standard InChI is InChI=1S/C14H22N2OS.ClH/c1-3-11-6-8-18-13(11)14(17)16-10(2)12-5-4-7-15-9-12;/h6,8,10,12,15H,3-5,7,9H2,1-2H3,(H,16,17);1H. The smallest absolute Gasteiger partial charge is 0.261 e. The van der Waals surface area contributed by atoms with Gasteiger partial charge in [-0.25, -0.2) is 0 Å². The minimum Gasteiger partial charge on any atom is -0.349 e. The maximum atomic E-state index is 12.2. The minimum atomic E-state index is 0. The van der Waals surface area contributed by atoms with Crippen LogP contribution in [0.15, 0.2) is 11.4 Å². The van der Waals surface area contributed by atoms with Crippen LogP contribution in [0.1, 0.15) is 41.9 Å². The fraction of sp³-hybridized carbons (Fsp3) is 0.643. The Labute approximate surface area is 125 Å². The van der Waals surface area contributed by atoms with Gasteiger partial charge in [0.2, 0.25) is 0 Å². The molecule has 2 rings (SSSR count). The van der Waals surface area contributed by atoms with Crippen LogP contribution >= 0.6 is 23.7 Å². The third-order valence-corrected chi connectivity index (χ3v) is 4.69. The SMILES string of the molecule is CCc1ccsc1C(=O)NC(C)C1CCCNC1.Cl. The molecule has 19 heavy (non-hydrogen) atoms. The van der Waals surface area contributed by atoms with E-state index in [4.69, 9.17) is 0 Å². The first-order valence-electron chi connectivity index (χ1n) is 6.80. The molecule has 0 aromatic carbocycles. The van der Waals surface area contributed by atoms with E-state index in [0.29, 0.717) is 5.92 Å². The summed E-state index contributed by atoms with van der Waals surface area (Å²) in [6.07, 6.45) is 3.34. The van der Waals surface area contributed by atoms with Gasteiger partial charge in [0.25, 0.3) is 5.91 Å². The molecule has 3 nitrogen and oxygen atoms in total. The van der Waals surface area contributed by atoms with Gasteiger partial charge in [0.1, 0.15) is 0 Å². The Kier molecular flexibility index (Phi) is 6.83. The second-order valence-electron chi connectivity index (χ2n) is 5.00. The molecule has 1 amide bonds. The zero-order chi connectivity index (χ0) is 13.0. The van der Waals surface area contributed by atoms with E-state index in [1.54, 1.807) is 11.3 Å². The Bertz CT molecular complexity index is 402. The van der Waals surface area contributed by atoms with Gasteiger partial charge in [-0.2, -0.15) is 0 Å². The van der Waals surface area contributed by atoms with Crippen LogP contribution in [0.3, 0.4) is 0 Å². The lowest BCUT2D eigenvalue weighted by atomic mass is 9.93. The van der Waals surface area contributed by atoms with Crippen LogP contribution in [0.25, 0.3) is 0 Å². The number of hydrogen-bond donors (Lipinski definition) is 2. The maximum absolute atomic E-state index is 12.2. The Morgan fingerprint density at radius 1 is 1.63 bits per heavy atom. The highest BCUT2D eigenvalue weighted by Crippen LogP contribution is 2.19. The normalized spacial score (nSPS) is 20.4. The molecular weight excluding hydrogens is 280 g/mol. The van der Waals surface area contributed by atoms with Crippen molar-refractivity contribution in [2.45, 2.75) is 39.2 Å². The summed E-state index contributed by atoms with van der Waals surface area (Å²) in [7, 11) is 0. The predicted molar refractivity (Wildman–Crippen MR) is 83.5 cm³/mol. The average Bonchev–Trinajstić information content (AvgIpc) is 2.88. The van der Waals surface area contributed by atoms with E-state index in [1.807, 2.05) is 11.4 Å². The zero-order valence-electron chi connectivity index (χ0n) is 11.6. The highest BCUT2D eigenvalue weighted by molar-refractivity contribution is 7.12. The monoisotopic (exact) mass is 302 g/mol. The Hall–Kier alpha value is -0.580. The molecule has 0 saturated carbocycles. The van der Waals surface area contributed by atoms with Crippen molar-refractivity contribution in [1.29, 1.82) is 0 Å². The zero-order valence-corrected chi connectivity index (χ0v) is 13.2. The third kappa shape index (κ3) is 4.20. The first kappa shape index (κ1) is 16.5. The van der Waals surface area contributed by atoms with Gasteiger partial charge < -0.3 is 10.6 Å². The summed E-state index contributed by atoms with van der Waals surface area (Å²) in [5, 5.41) is 8.56. The average molecular weight is 303 g/mol. The number of carbonyl (C=O) groups is 1. The number of hydrogen-bond acceptors (Lipinski definition) is 3. The lowest BCUT2D eigenvalue weighted by molar-refractivity contribution is 0.0925. The summed E-state index contributed by atoms with van der Waals surface area (Å²) in [6, 6.07) is 2.30. The van der Waals surface area contributed by atoms with Gasteiger partial charge >= 0.3 is 0 Å². The topological polar surface area (TPSA) is 41.1 Å². The van der Waals surface area contributed by atoms with Crippen molar-refractivity contribution in [3.05, 3.63) is 21.9 Å². The fourth-order valence-corrected chi connectivity index (χ4v) is 3.41. The molecule has 0 spiro atoms. The number of nitrogens with one attached hydrogen (secondary N) is 2. The van der Waals surface area contributed by atoms with Crippen molar-refractivity contribution >= 4 is 29.7 Å². The van der Waals surface area contributed by atoms with Gasteiger partial charge in [-0.15, -0.1) is 23.7 Å². The molecule has 1 aliphatic rings. The lowest BCUT2D eigenvalue weighted by Crippen LogP contribution is -2.44. The highest BCUT2D eigenvalue weighted by atomic mass is 35.5. The van der Waals surface area contributed by atoms with E-state index in [2.05, 4.69) is 24.5 Å². The van der Waals surface area contributed by atoms with Crippen molar-refractivity contribution in [3.63, 3.8) is 0 Å². The van der Waals surface area contributed by atoms with Crippen LogP contribution in [0.5, 0.6) is 0 Å². The quantitative estimate of drug-likeness (QED) is 0.898. The summed E-state index contributed by atoms with van der Waals surface area (Å²) in [5.74, 6) is 0.660. The molecule has 1 saturated heterocycles. The second-order valence-corrected chi connectivity index (χ2v) is 5.91. The number of thiophene rings is 1. The van der Waals surface area contributed by atoms with Crippen LogP contribution in [0, 0.1) is 5.92 Å². The molecule has 1 aromatic rings. The first-order valence-corrected chi connectivity index (χ1v) is 7.68. The Morgan fingerprint density at radius 2 is 2.42 bits per heavy atom. The predicted octanol–water partition coefficient (Wildman–Crippen LogP) is 2.85. The molecule has 2 heterocycles. The number of rotatable bonds is 4. The highest BCUT2D eigenvalue weighted by Gasteiger charge is 2.22. The molecule has 5 heteroatoms. The molecule has 2 unspecified atom stereocenters. The lowest BCUT2D eigenvalue weighted by Gasteiger charge is -2.28. The molecule has 0 bridgehead atoms. The van der Waals surface area contributed by atoms with Crippen molar-refractivity contribution in [3.8, 4) is 0 Å². The summed E-state index contributed by atoms with van der Waals surface area (Å²) in [6.45, 7) is 6.34. The van der Waals surface area contributed by atoms with Crippen LogP contribution < -0.4 is 10.6 Å². The summed E-state index contributed by atoms with van der Waals surface area (Å²) >= 11 is 1.54. The first-order chi connectivity index (χ1) is 8.72. The summed E-state index contributed by atoms with van der Waals surface area (Å²) in [5.41, 5.74) is 1.16. The number of amides is 1. The van der Waals surface area contributed by atoms with E-state index >= 15 is 0 Å². The molecule has 1 fully saturated rings. The Balaban J connectivity index is 0.00000180. The van der Waals surface area contributed by atoms with Gasteiger partial charge in [-0.1, -0.05) is 6.92 Å². The van der Waals surface area contributed by atoms with Crippen molar-refractivity contribution in [1.82, 2.24) is 10.6 Å². The number of aryl methyl sites for hydroxylation is 1. The van der Waals surface area contributed by atoms with Crippen LogP contribution in [-0.4, -0.2) is 25.0 Å². The van der Waals surface area contributed by atoms with E-state index < -0.39 is 0 Å². The molecule has 2 N–H and O–H groups in total. The van der Waals surface area contributed by atoms with Crippen molar-refractivity contribution < 1.29 is 4.79 Å². The number of carbonyl (C=O) groups excluding carboxylic acids is 1. The number of piperidine rings is 1. The van der Waals surface area contributed by atoms with Gasteiger partial charge in [0, 0.05) is 6.04 Å². The fourth-order valence-electron chi connectivity index (χ4n) is 2.51. The molecule has 1 aliphatic heterocycles. The van der Waals surface area contributed by atoms with Crippen LogP contribution in [0.4, 0.5) is 0 Å². The van der Waals surface area contributed by atoms with Gasteiger partial charge in [0.05, 0.1) is 4.88 Å². The van der Waals surface area contributed by atoms with E-state index in [9.17, 15) is 4.79 Å².